The number of rotatable bonds is 5. The first kappa shape index (κ1) is 19.4. The summed E-state index contributed by atoms with van der Waals surface area (Å²) in [5.41, 5.74) is 1.12. The third-order valence-electron chi connectivity index (χ3n) is 4.57. The molecule has 1 aromatic heterocycles. The first-order valence-corrected chi connectivity index (χ1v) is 9.36. The molecule has 7 heteroatoms. The molecule has 0 unspecified atom stereocenters. The van der Waals surface area contributed by atoms with E-state index in [0.717, 1.165) is 23.3 Å². The van der Waals surface area contributed by atoms with Crippen molar-refractivity contribution in [3.05, 3.63) is 16.0 Å². The summed E-state index contributed by atoms with van der Waals surface area (Å²) in [5.74, 6) is -3.43. The largest absolute Gasteiger partial charge is 0.550 e. The van der Waals surface area contributed by atoms with E-state index >= 15 is 0 Å². The average molecular weight is 366 g/mol. The molecule has 1 heterocycles. The van der Waals surface area contributed by atoms with E-state index in [1.165, 1.54) is 11.3 Å². The first-order valence-electron chi connectivity index (χ1n) is 8.55. The molecule has 0 saturated heterocycles. The molecule has 0 aromatic carbocycles. The summed E-state index contributed by atoms with van der Waals surface area (Å²) in [5, 5.41) is 14.5. The molecule has 1 N–H and O–H groups in total. The molecule has 0 spiro atoms. The molecule has 138 valence electrons. The minimum absolute atomic E-state index is 0.267. The van der Waals surface area contributed by atoms with Crippen LogP contribution in [-0.4, -0.2) is 23.9 Å². The molecule has 6 nitrogen and oxygen atoms in total. The number of carbonyl (C=O) groups excluding carboxylic acids is 3. The van der Waals surface area contributed by atoms with Crippen LogP contribution in [0, 0.1) is 25.7 Å². The number of aliphatic carboxylic acids is 1. The number of carboxylic acid groups (broad SMARTS) is 1. The van der Waals surface area contributed by atoms with Crippen molar-refractivity contribution in [3.63, 3.8) is 0 Å². The van der Waals surface area contributed by atoms with E-state index in [4.69, 9.17) is 4.74 Å². The van der Waals surface area contributed by atoms with E-state index in [1.54, 1.807) is 13.8 Å². The Kier molecular flexibility index (Phi) is 6.21. The zero-order valence-electron chi connectivity index (χ0n) is 15.0. The van der Waals surface area contributed by atoms with Crippen LogP contribution >= 0.6 is 11.3 Å². The van der Waals surface area contributed by atoms with Gasteiger partial charge in [-0.3, -0.25) is 4.79 Å². The van der Waals surface area contributed by atoms with Crippen molar-refractivity contribution in [2.24, 2.45) is 11.8 Å². The predicted octanol–water partition coefficient (Wildman–Crippen LogP) is 2.42. The summed E-state index contributed by atoms with van der Waals surface area (Å²) in [6.07, 6.45) is 2.29. The Labute approximate surface area is 151 Å². The van der Waals surface area contributed by atoms with Crippen molar-refractivity contribution in [2.45, 2.75) is 59.5 Å². The second kappa shape index (κ2) is 7.99. The highest BCUT2D eigenvalue weighted by atomic mass is 32.1. The van der Waals surface area contributed by atoms with Gasteiger partial charge in [0.15, 0.2) is 0 Å². The number of carboxylic acids is 1. The normalized spacial score (nSPS) is 20.4. The second-order valence-electron chi connectivity index (χ2n) is 6.75. The summed E-state index contributed by atoms with van der Waals surface area (Å²) in [4.78, 5) is 37.2. The summed E-state index contributed by atoms with van der Waals surface area (Å²) < 4.78 is 5.27. The molecule has 25 heavy (non-hydrogen) atoms. The third-order valence-corrected chi connectivity index (χ3v) is 5.70. The number of ether oxygens (including phenoxy) is 1. The van der Waals surface area contributed by atoms with E-state index in [1.807, 2.05) is 13.8 Å². The second-order valence-corrected chi connectivity index (χ2v) is 7.97. The van der Waals surface area contributed by atoms with Crippen molar-refractivity contribution in [1.29, 1.82) is 0 Å². The molecular weight excluding hydrogens is 342 g/mol. The monoisotopic (exact) mass is 366 g/mol. The van der Waals surface area contributed by atoms with E-state index in [-0.39, 0.29) is 12.0 Å². The highest BCUT2D eigenvalue weighted by Gasteiger charge is 2.33. The quantitative estimate of drug-likeness (QED) is 0.808. The van der Waals surface area contributed by atoms with E-state index in [0.29, 0.717) is 23.4 Å². The lowest BCUT2D eigenvalue weighted by atomic mass is 9.79. The van der Waals surface area contributed by atoms with Gasteiger partial charge in [-0.1, -0.05) is 12.8 Å². The van der Waals surface area contributed by atoms with Crippen molar-refractivity contribution in [1.82, 2.24) is 0 Å². The van der Waals surface area contributed by atoms with Gasteiger partial charge >= 0.3 is 5.97 Å². The Morgan fingerprint density at radius 1 is 1.16 bits per heavy atom. The first-order chi connectivity index (χ1) is 11.7. The van der Waals surface area contributed by atoms with Gasteiger partial charge in [0.1, 0.15) is 5.00 Å². The molecular formula is C18H24NO5S-. The molecule has 0 aliphatic heterocycles. The van der Waals surface area contributed by atoms with Crippen LogP contribution in [0.15, 0.2) is 0 Å². The fraction of sp³-hybridized carbons (Fsp3) is 0.611. The molecule has 1 aliphatic rings. The molecule has 1 aromatic rings. The highest BCUT2D eigenvalue weighted by Crippen LogP contribution is 2.36. The highest BCUT2D eigenvalue weighted by molar-refractivity contribution is 7.16. The summed E-state index contributed by atoms with van der Waals surface area (Å²) in [6, 6.07) is 0. The summed E-state index contributed by atoms with van der Waals surface area (Å²) >= 11 is 1.30. The molecule has 1 saturated carbocycles. The van der Waals surface area contributed by atoms with Crippen molar-refractivity contribution in [2.75, 3.05) is 5.32 Å². The molecule has 1 aliphatic carbocycles. The van der Waals surface area contributed by atoms with Crippen LogP contribution in [0.2, 0.25) is 0 Å². The molecule has 0 bridgehead atoms. The Morgan fingerprint density at radius 2 is 1.76 bits per heavy atom. The minimum Gasteiger partial charge on any atom is -0.550 e. The average Bonchev–Trinajstić information content (AvgIpc) is 2.80. The topological polar surface area (TPSA) is 95.5 Å². The van der Waals surface area contributed by atoms with Crippen molar-refractivity contribution >= 4 is 34.2 Å². The van der Waals surface area contributed by atoms with Gasteiger partial charge in [-0.25, -0.2) is 4.79 Å². The van der Waals surface area contributed by atoms with Gasteiger partial charge in [-0.05, 0) is 46.1 Å². The van der Waals surface area contributed by atoms with E-state index in [2.05, 4.69) is 5.32 Å². The van der Waals surface area contributed by atoms with Crippen LogP contribution in [0.25, 0.3) is 0 Å². The van der Waals surface area contributed by atoms with Crippen LogP contribution in [0.5, 0.6) is 0 Å². The maximum atomic E-state index is 12.7. The fourth-order valence-electron chi connectivity index (χ4n) is 3.17. The van der Waals surface area contributed by atoms with Crippen molar-refractivity contribution in [3.8, 4) is 0 Å². The predicted molar refractivity (Wildman–Crippen MR) is 93.4 cm³/mol. The number of esters is 1. The number of hydrogen-bond donors (Lipinski definition) is 1. The SMILES string of the molecule is Cc1sc(NC(=O)[C@@H]2CCCC[C@H]2C(=O)[O-])c(C(=O)OC(C)C)c1C. The van der Waals surface area contributed by atoms with E-state index in [9.17, 15) is 19.5 Å². The van der Waals surface area contributed by atoms with Gasteiger partial charge < -0.3 is 20.0 Å². The van der Waals surface area contributed by atoms with Crippen molar-refractivity contribution < 1.29 is 24.2 Å². The molecule has 1 fully saturated rings. The maximum Gasteiger partial charge on any atom is 0.341 e. The minimum atomic E-state index is -1.18. The molecule has 1 amide bonds. The zero-order chi connectivity index (χ0) is 18.7. The van der Waals surface area contributed by atoms with Crippen LogP contribution in [0.4, 0.5) is 5.00 Å². The number of carbonyl (C=O) groups is 3. The summed E-state index contributed by atoms with van der Waals surface area (Å²) in [7, 11) is 0. The van der Waals surface area contributed by atoms with Crippen LogP contribution in [0.3, 0.4) is 0 Å². The van der Waals surface area contributed by atoms with Gasteiger partial charge in [-0.2, -0.15) is 0 Å². The van der Waals surface area contributed by atoms with Gasteiger partial charge in [0.2, 0.25) is 5.91 Å². The van der Waals surface area contributed by atoms with Gasteiger partial charge in [0.25, 0.3) is 0 Å². The van der Waals surface area contributed by atoms with E-state index < -0.39 is 23.8 Å². The Balaban J connectivity index is 2.24. The lowest BCUT2D eigenvalue weighted by Crippen LogP contribution is -2.42. The van der Waals surface area contributed by atoms with Gasteiger partial charge in [-0.15, -0.1) is 11.3 Å². The smallest absolute Gasteiger partial charge is 0.341 e. The lowest BCUT2D eigenvalue weighted by Gasteiger charge is -2.31. The molecule has 0 radical (unpaired) electrons. The number of hydrogen-bond acceptors (Lipinski definition) is 6. The molecule has 2 rings (SSSR count). The summed E-state index contributed by atoms with van der Waals surface area (Å²) in [6.45, 7) is 7.20. The van der Waals surface area contributed by atoms with Crippen LogP contribution < -0.4 is 10.4 Å². The fourth-order valence-corrected chi connectivity index (χ4v) is 4.22. The van der Waals surface area contributed by atoms with Gasteiger partial charge in [0.05, 0.1) is 11.7 Å². The number of anilines is 1. The van der Waals surface area contributed by atoms with Crippen LogP contribution in [0.1, 0.15) is 60.3 Å². The number of aryl methyl sites for hydroxylation is 1. The number of amides is 1. The maximum absolute atomic E-state index is 12.7. The number of nitrogens with one attached hydrogen (secondary N) is 1. The Bertz CT molecular complexity index is 679. The lowest BCUT2D eigenvalue weighted by molar-refractivity contribution is -0.313. The standard InChI is InChI=1S/C18H25NO5S/c1-9(2)24-18(23)14-10(3)11(4)25-16(14)19-15(20)12-7-5-6-8-13(12)17(21)22/h9,12-13H,5-8H2,1-4H3,(H,19,20)(H,21,22)/p-1/t12-,13-/m1/s1. The molecule has 2 atom stereocenters. The van der Waals surface area contributed by atoms with Gasteiger partial charge in [0, 0.05) is 22.7 Å². The number of thiophene rings is 1. The zero-order valence-corrected chi connectivity index (χ0v) is 15.8. The third kappa shape index (κ3) is 4.39. The Morgan fingerprint density at radius 3 is 2.32 bits per heavy atom. The van der Waals surface area contributed by atoms with Crippen LogP contribution in [-0.2, 0) is 14.3 Å². The Hall–Kier alpha value is -1.89.